The second kappa shape index (κ2) is 6.03. The highest BCUT2D eigenvalue weighted by Gasteiger charge is 2.23. The summed E-state index contributed by atoms with van der Waals surface area (Å²) in [5.74, 6) is 0.184. The lowest BCUT2D eigenvalue weighted by molar-refractivity contribution is 0.197. The van der Waals surface area contributed by atoms with E-state index in [9.17, 15) is 4.39 Å². The van der Waals surface area contributed by atoms with Gasteiger partial charge in [0, 0.05) is 12.6 Å². The van der Waals surface area contributed by atoms with Crippen LogP contribution in [0, 0.1) is 23.1 Å². The first-order valence-corrected chi connectivity index (χ1v) is 6.75. The van der Waals surface area contributed by atoms with Gasteiger partial charge in [0.1, 0.15) is 5.82 Å². The van der Waals surface area contributed by atoms with E-state index in [0.717, 1.165) is 13.1 Å². The third-order valence-electron chi connectivity index (χ3n) is 3.85. The van der Waals surface area contributed by atoms with Crippen molar-refractivity contribution in [2.75, 3.05) is 25.5 Å². The van der Waals surface area contributed by atoms with Crippen molar-refractivity contribution in [2.45, 2.75) is 25.8 Å². The topological polar surface area (TPSA) is 39.1 Å². The summed E-state index contributed by atoms with van der Waals surface area (Å²) >= 11 is 0. The predicted molar refractivity (Wildman–Crippen MR) is 74.4 cm³/mol. The monoisotopic (exact) mass is 261 g/mol. The lowest BCUT2D eigenvalue weighted by Gasteiger charge is -2.34. The minimum Gasteiger partial charge on any atom is -0.380 e. The largest absolute Gasteiger partial charge is 0.380 e. The number of nitriles is 1. The first kappa shape index (κ1) is 13.8. The van der Waals surface area contributed by atoms with E-state index in [-0.39, 0.29) is 11.9 Å². The van der Waals surface area contributed by atoms with Gasteiger partial charge in [-0.2, -0.15) is 5.26 Å². The van der Waals surface area contributed by atoms with Crippen molar-refractivity contribution in [3.63, 3.8) is 0 Å². The van der Waals surface area contributed by atoms with Gasteiger partial charge >= 0.3 is 0 Å². The van der Waals surface area contributed by atoms with E-state index in [4.69, 9.17) is 5.26 Å². The number of rotatable bonds is 3. The average molecular weight is 261 g/mol. The number of benzene rings is 1. The Kier molecular flexibility index (Phi) is 4.39. The molecule has 1 aromatic rings. The molecule has 0 spiro atoms. The number of hydrogen-bond donors (Lipinski definition) is 1. The van der Waals surface area contributed by atoms with Crippen molar-refractivity contribution < 1.29 is 4.39 Å². The highest BCUT2D eigenvalue weighted by molar-refractivity contribution is 5.49. The summed E-state index contributed by atoms with van der Waals surface area (Å²) in [7, 11) is 2.13. The standard InChI is InChI=1S/C15H20FN3/c1-11(13-4-3-7-19(2)10-13)18-15-6-5-12(9-17)8-14(15)16/h5-6,8,11,13,18H,3-4,7,10H2,1-2H3. The molecule has 1 aliphatic rings. The van der Waals surface area contributed by atoms with Crippen LogP contribution in [-0.4, -0.2) is 31.1 Å². The highest BCUT2D eigenvalue weighted by Crippen LogP contribution is 2.23. The van der Waals surface area contributed by atoms with E-state index >= 15 is 0 Å². The Morgan fingerprint density at radius 3 is 2.95 bits per heavy atom. The first-order valence-electron chi connectivity index (χ1n) is 6.75. The molecule has 1 fully saturated rings. The molecule has 0 saturated carbocycles. The molecular formula is C15H20FN3. The normalized spacial score (nSPS) is 21.7. The van der Waals surface area contributed by atoms with Crippen LogP contribution in [0.25, 0.3) is 0 Å². The third kappa shape index (κ3) is 3.45. The number of nitrogens with zero attached hydrogens (tertiary/aromatic N) is 2. The molecule has 1 aromatic carbocycles. The summed E-state index contributed by atoms with van der Waals surface area (Å²) in [6.45, 7) is 4.29. The number of anilines is 1. The second-order valence-electron chi connectivity index (χ2n) is 5.40. The Hall–Kier alpha value is -1.60. The molecule has 2 unspecified atom stereocenters. The molecule has 19 heavy (non-hydrogen) atoms. The fourth-order valence-electron chi connectivity index (χ4n) is 2.68. The molecule has 0 bridgehead atoms. The molecule has 0 amide bonds. The Morgan fingerprint density at radius 2 is 2.32 bits per heavy atom. The molecule has 102 valence electrons. The summed E-state index contributed by atoms with van der Waals surface area (Å²) in [6.07, 6.45) is 2.37. The number of nitrogens with one attached hydrogen (secondary N) is 1. The Bertz CT molecular complexity index is 481. The summed E-state index contributed by atoms with van der Waals surface area (Å²) in [5.41, 5.74) is 0.841. The number of hydrogen-bond acceptors (Lipinski definition) is 3. The van der Waals surface area contributed by atoms with Crippen molar-refractivity contribution in [3.05, 3.63) is 29.6 Å². The van der Waals surface area contributed by atoms with Crippen LogP contribution in [0.3, 0.4) is 0 Å². The van der Waals surface area contributed by atoms with Crippen LogP contribution >= 0.6 is 0 Å². The second-order valence-corrected chi connectivity index (χ2v) is 5.40. The fourth-order valence-corrected chi connectivity index (χ4v) is 2.68. The first-order chi connectivity index (χ1) is 9.10. The Labute approximate surface area is 114 Å². The SMILES string of the molecule is CC(Nc1ccc(C#N)cc1F)C1CCCN(C)C1. The van der Waals surface area contributed by atoms with Crippen LogP contribution in [0.15, 0.2) is 18.2 Å². The molecule has 0 radical (unpaired) electrons. The summed E-state index contributed by atoms with van der Waals surface area (Å²) < 4.78 is 13.8. The molecule has 1 saturated heterocycles. The summed E-state index contributed by atoms with van der Waals surface area (Å²) in [5, 5.41) is 12.0. The average Bonchev–Trinajstić information content (AvgIpc) is 2.41. The lowest BCUT2D eigenvalue weighted by Crippen LogP contribution is -2.40. The van der Waals surface area contributed by atoms with Gasteiger partial charge in [-0.1, -0.05) is 0 Å². The molecule has 3 nitrogen and oxygen atoms in total. The van der Waals surface area contributed by atoms with Gasteiger partial charge in [0.15, 0.2) is 0 Å². The van der Waals surface area contributed by atoms with Gasteiger partial charge in [-0.25, -0.2) is 4.39 Å². The van der Waals surface area contributed by atoms with Gasteiger partial charge in [0.25, 0.3) is 0 Å². The van der Waals surface area contributed by atoms with Gasteiger partial charge in [-0.05, 0) is 57.5 Å². The van der Waals surface area contributed by atoms with Gasteiger partial charge < -0.3 is 10.2 Å². The number of halogens is 1. The van der Waals surface area contributed by atoms with Crippen molar-refractivity contribution in [1.82, 2.24) is 4.90 Å². The highest BCUT2D eigenvalue weighted by atomic mass is 19.1. The summed E-state index contributed by atoms with van der Waals surface area (Å²) in [4.78, 5) is 2.32. The maximum atomic E-state index is 13.8. The van der Waals surface area contributed by atoms with Crippen LogP contribution in [0.1, 0.15) is 25.3 Å². The van der Waals surface area contributed by atoms with E-state index in [1.54, 1.807) is 12.1 Å². The zero-order chi connectivity index (χ0) is 13.8. The fraction of sp³-hybridized carbons (Fsp3) is 0.533. The lowest BCUT2D eigenvalue weighted by atomic mass is 9.91. The van der Waals surface area contributed by atoms with Crippen LogP contribution in [-0.2, 0) is 0 Å². The van der Waals surface area contributed by atoms with Gasteiger partial charge in [0.2, 0.25) is 0 Å². The van der Waals surface area contributed by atoms with E-state index in [0.29, 0.717) is 17.2 Å². The molecule has 2 rings (SSSR count). The molecule has 2 atom stereocenters. The minimum atomic E-state index is -0.352. The molecule has 0 aromatic heterocycles. The maximum Gasteiger partial charge on any atom is 0.147 e. The zero-order valence-electron chi connectivity index (χ0n) is 11.5. The molecule has 4 heteroatoms. The van der Waals surface area contributed by atoms with E-state index in [1.807, 2.05) is 6.07 Å². The van der Waals surface area contributed by atoms with Crippen LogP contribution in [0.5, 0.6) is 0 Å². The van der Waals surface area contributed by atoms with Gasteiger partial charge in [-0.3, -0.25) is 0 Å². The van der Waals surface area contributed by atoms with Gasteiger partial charge in [-0.15, -0.1) is 0 Å². The van der Waals surface area contributed by atoms with Crippen LogP contribution in [0.2, 0.25) is 0 Å². The zero-order valence-corrected chi connectivity index (χ0v) is 11.5. The van der Waals surface area contributed by atoms with Gasteiger partial charge in [0.05, 0.1) is 17.3 Å². The van der Waals surface area contributed by atoms with E-state index in [2.05, 4.69) is 24.2 Å². The minimum absolute atomic E-state index is 0.227. The molecule has 0 aliphatic carbocycles. The number of piperidine rings is 1. The van der Waals surface area contributed by atoms with Crippen LogP contribution in [0.4, 0.5) is 10.1 Å². The Balaban J connectivity index is 2.02. The van der Waals surface area contributed by atoms with Crippen molar-refractivity contribution >= 4 is 5.69 Å². The van der Waals surface area contributed by atoms with Crippen molar-refractivity contribution in [2.24, 2.45) is 5.92 Å². The summed E-state index contributed by atoms with van der Waals surface area (Å²) in [6, 6.07) is 6.74. The van der Waals surface area contributed by atoms with E-state index in [1.165, 1.54) is 18.9 Å². The maximum absolute atomic E-state index is 13.8. The Morgan fingerprint density at radius 1 is 1.53 bits per heavy atom. The van der Waals surface area contributed by atoms with Crippen LogP contribution < -0.4 is 5.32 Å². The van der Waals surface area contributed by atoms with E-state index < -0.39 is 0 Å². The third-order valence-corrected chi connectivity index (χ3v) is 3.85. The molecule has 1 heterocycles. The molecular weight excluding hydrogens is 241 g/mol. The molecule has 1 aliphatic heterocycles. The van der Waals surface area contributed by atoms with Crippen molar-refractivity contribution in [3.8, 4) is 6.07 Å². The van der Waals surface area contributed by atoms with Crippen molar-refractivity contribution in [1.29, 1.82) is 5.26 Å². The smallest absolute Gasteiger partial charge is 0.147 e. The molecule has 1 N–H and O–H groups in total. The quantitative estimate of drug-likeness (QED) is 0.909. The predicted octanol–water partition coefficient (Wildman–Crippen LogP) is 2.84. The number of likely N-dealkylation sites (tertiary alicyclic amines) is 1.